The average molecular weight is 540 g/mol. The van der Waals surface area contributed by atoms with Crippen LogP contribution < -0.4 is 0 Å². The Bertz CT molecular complexity index is 1290. The molecule has 4 spiro atoms. The van der Waals surface area contributed by atoms with Crippen LogP contribution in [-0.2, 0) is 33.4 Å². The van der Waals surface area contributed by atoms with E-state index < -0.39 is 57.7 Å². The molecule has 8 aliphatic rings. The molecule has 0 radical (unpaired) electrons. The molecule has 1 N–H and O–H groups in total. The number of allylic oxidation sites excluding steroid dienone is 2. The van der Waals surface area contributed by atoms with Crippen LogP contribution in [0.15, 0.2) is 11.6 Å². The van der Waals surface area contributed by atoms with E-state index in [0.29, 0.717) is 32.2 Å². The molecule has 0 amide bonds. The van der Waals surface area contributed by atoms with Crippen molar-refractivity contribution in [3.63, 3.8) is 0 Å². The number of hydrogen-bond donors (Lipinski definition) is 1. The molecule has 0 aromatic heterocycles. The van der Waals surface area contributed by atoms with E-state index in [4.69, 9.17) is 14.2 Å². The maximum absolute atomic E-state index is 15.4. The Morgan fingerprint density at radius 2 is 1.87 bits per heavy atom. The summed E-state index contributed by atoms with van der Waals surface area (Å²) in [6.07, 6.45) is 2.84. The first kappa shape index (κ1) is 24.8. The smallest absolute Gasteiger partial charge is 0.306 e. The van der Waals surface area contributed by atoms with Gasteiger partial charge in [-0.3, -0.25) is 19.2 Å². The normalized spacial score (nSPS) is 57.6. The summed E-state index contributed by atoms with van der Waals surface area (Å²) in [7, 11) is 0. The van der Waals surface area contributed by atoms with E-state index in [0.717, 1.165) is 5.57 Å². The Morgan fingerprint density at radius 3 is 2.59 bits per heavy atom. The Balaban J connectivity index is 1.40. The van der Waals surface area contributed by atoms with Gasteiger partial charge in [0.25, 0.3) is 0 Å². The number of hydrogen-bond acceptors (Lipinski definition) is 9. The van der Waals surface area contributed by atoms with Gasteiger partial charge in [0.15, 0.2) is 17.3 Å². The molecule has 1 unspecified atom stereocenters. The molecule has 5 saturated heterocycles. The molecule has 9 heteroatoms. The molecule has 9 nitrogen and oxygen atoms in total. The number of aliphatic hydroxyl groups excluding tert-OH is 1. The molecule has 5 heterocycles. The minimum absolute atomic E-state index is 0.00750. The third-order valence-corrected chi connectivity index (χ3v) is 13.0. The lowest BCUT2D eigenvalue weighted by Crippen LogP contribution is -2.82. The van der Waals surface area contributed by atoms with Crippen LogP contribution in [0, 0.1) is 45.8 Å². The highest BCUT2D eigenvalue weighted by Gasteiger charge is 2.89. The van der Waals surface area contributed by atoms with Gasteiger partial charge in [0, 0.05) is 35.1 Å². The molecule has 7 fully saturated rings. The topological polar surface area (TPSA) is 119 Å². The van der Waals surface area contributed by atoms with Gasteiger partial charge in [-0.15, -0.1) is 0 Å². The summed E-state index contributed by atoms with van der Waals surface area (Å²) in [4.78, 5) is 58.5. The Morgan fingerprint density at radius 1 is 1.10 bits per heavy atom. The summed E-state index contributed by atoms with van der Waals surface area (Å²) in [5.41, 5.74) is -4.36. The van der Waals surface area contributed by atoms with Gasteiger partial charge >= 0.3 is 5.97 Å². The van der Waals surface area contributed by atoms with Gasteiger partial charge in [-0.05, 0) is 50.5 Å². The van der Waals surface area contributed by atoms with Crippen molar-refractivity contribution in [1.82, 2.24) is 4.90 Å². The van der Waals surface area contributed by atoms with Crippen molar-refractivity contribution < 1.29 is 38.5 Å². The molecular formula is C30H37NO8. The van der Waals surface area contributed by atoms with Crippen LogP contribution in [0.5, 0.6) is 0 Å². The quantitative estimate of drug-likeness (QED) is 0.460. The van der Waals surface area contributed by atoms with E-state index in [1.165, 1.54) is 0 Å². The Hall–Kier alpha value is -1.94. The SMILES string of the molecule is CC1=CC(=O)[C@@H]2[C@@H](C1)[C@]13CO[C@@]4(C1=O)N1C[C@@H]5OC1(CC[C@@]4(C)[C@]1(COC(=O)C1)[C@H]3C(=O)[C@@H]2C)C[C@@H](C)[C@H]5O. The highest BCUT2D eigenvalue weighted by atomic mass is 16.6. The van der Waals surface area contributed by atoms with Crippen LogP contribution in [0.1, 0.15) is 59.8 Å². The van der Waals surface area contributed by atoms with Crippen LogP contribution in [0.25, 0.3) is 0 Å². The largest absolute Gasteiger partial charge is 0.465 e. The second kappa shape index (κ2) is 7.09. The lowest BCUT2D eigenvalue weighted by atomic mass is 9.34. The summed E-state index contributed by atoms with van der Waals surface area (Å²) in [5.74, 6) is -2.98. The molecule has 2 saturated carbocycles. The van der Waals surface area contributed by atoms with Gasteiger partial charge in [-0.25, -0.2) is 4.90 Å². The summed E-state index contributed by atoms with van der Waals surface area (Å²) >= 11 is 0. The van der Waals surface area contributed by atoms with Crippen molar-refractivity contribution in [2.45, 2.75) is 83.5 Å². The van der Waals surface area contributed by atoms with E-state index in [1.54, 1.807) is 6.08 Å². The molecule has 39 heavy (non-hydrogen) atoms. The summed E-state index contributed by atoms with van der Waals surface area (Å²) in [6, 6.07) is 0. The van der Waals surface area contributed by atoms with Crippen LogP contribution in [0.2, 0.25) is 0 Å². The zero-order valence-corrected chi connectivity index (χ0v) is 23.0. The number of fused-ring (bicyclic) bond motifs is 4. The first-order valence-corrected chi connectivity index (χ1v) is 14.6. The van der Waals surface area contributed by atoms with Crippen LogP contribution in [0.4, 0.5) is 0 Å². The predicted molar refractivity (Wildman–Crippen MR) is 134 cm³/mol. The number of esters is 1. The molecule has 5 aliphatic heterocycles. The second-order valence-corrected chi connectivity index (χ2v) is 14.4. The van der Waals surface area contributed by atoms with Gasteiger partial charge in [0.05, 0.1) is 37.3 Å². The standard InChI is InChI=1S/C30H37NO8/c1-14-7-17-21(18(32)8-14)16(3)23(35)24-27(10-20(33)37-12-27)26(4)5-6-28-9-15(2)22(34)19(39-28)11-31(28)30(26)25(36)29(17,24)13-38-30/h8,15-17,19,21-22,24,34H,5-7,9-13H2,1-4H3/t15-,16-,17-,19+,21+,22-,24-,26+,27-,28?,29+,30-/m1/s1. The number of piperidine rings is 1. The second-order valence-electron chi connectivity index (χ2n) is 14.4. The van der Waals surface area contributed by atoms with Gasteiger partial charge in [0.2, 0.25) is 0 Å². The predicted octanol–water partition coefficient (Wildman–Crippen LogP) is 1.80. The third kappa shape index (κ3) is 2.36. The highest BCUT2D eigenvalue weighted by molar-refractivity contribution is 6.08. The molecule has 4 bridgehead atoms. The first-order chi connectivity index (χ1) is 18.4. The molecule has 12 atom stereocenters. The molecule has 8 rings (SSSR count). The van der Waals surface area contributed by atoms with Gasteiger partial charge in [-0.1, -0.05) is 26.3 Å². The Labute approximate surface area is 227 Å². The van der Waals surface area contributed by atoms with E-state index in [-0.39, 0.29) is 54.8 Å². The fraction of sp³-hybridized carbons (Fsp3) is 0.800. The van der Waals surface area contributed by atoms with Crippen molar-refractivity contribution in [2.24, 2.45) is 45.8 Å². The zero-order chi connectivity index (χ0) is 27.5. The van der Waals surface area contributed by atoms with Crippen LogP contribution >= 0.6 is 0 Å². The molecular weight excluding hydrogens is 502 g/mol. The lowest BCUT2D eigenvalue weighted by molar-refractivity contribution is -0.317. The number of carbonyl (C=O) groups excluding carboxylic acids is 4. The van der Waals surface area contributed by atoms with Crippen LogP contribution in [0.3, 0.4) is 0 Å². The summed E-state index contributed by atoms with van der Waals surface area (Å²) in [6.45, 7) is 8.23. The minimum atomic E-state index is -1.43. The fourth-order valence-electron chi connectivity index (χ4n) is 11.3. The minimum Gasteiger partial charge on any atom is -0.465 e. The Kier molecular flexibility index (Phi) is 4.51. The summed E-state index contributed by atoms with van der Waals surface area (Å²) in [5, 5.41) is 11.0. The number of Topliss-reactive ketones (excluding diaryl/α,β-unsaturated/α-hetero) is 2. The van der Waals surface area contributed by atoms with Crippen LogP contribution in [-0.4, -0.2) is 76.7 Å². The molecule has 3 aliphatic carbocycles. The van der Waals surface area contributed by atoms with Crippen molar-refractivity contribution in [1.29, 1.82) is 0 Å². The first-order valence-electron chi connectivity index (χ1n) is 14.6. The van der Waals surface area contributed by atoms with E-state index >= 15 is 4.79 Å². The fourth-order valence-corrected chi connectivity index (χ4v) is 11.3. The van der Waals surface area contributed by atoms with Gasteiger partial charge < -0.3 is 19.3 Å². The maximum atomic E-state index is 15.4. The number of nitrogens with zero attached hydrogens (tertiary/aromatic N) is 1. The van der Waals surface area contributed by atoms with E-state index in [1.807, 2.05) is 27.7 Å². The van der Waals surface area contributed by atoms with Crippen molar-refractivity contribution >= 4 is 23.3 Å². The van der Waals surface area contributed by atoms with E-state index in [2.05, 4.69) is 4.90 Å². The molecule has 210 valence electrons. The van der Waals surface area contributed by atoms with Crippen molar-refractivity contribution in [3.8, 4) is 0 Å². The molecule has 0 aromatic carbocycles. The number of ether oxygens (including phenoxy) is 3. The molecule has 0 aromatic rings. The number of aliphatic hydroxyl groups is 1. The van der Waals surface area contributed by atoms with Crippen molar-refractivity contribution in [3.05, 3.63) is 11.6 Å². The lowest BCUT2D eigenvalue weighted by Gasteiger charge is -2.70. The third-order valence-electron chi connectivity index (χ3n) is 13.0. The highest BCUT2D eigenvalue weighted by Crippen LogP contribution is 2.78. The number of cyclic esters (lactones) is 1. The van der Waals surface area contributed by atoms with Gasteiger partial charge in [0.1, 0.15) is 11.5 Å². The average Bonchev–Trinajstić information content (AvgIpc) is 3.51. The number of carbonyl (C=O) groups is 4. The number of rotatable bonds is 0. The summed E-state index contributed by atoms with van der Waals surface area (Å²) < 4.78 is 19.2. The zero-order valence-electron chi connectivity index (χ0n) is 23.0. The number of ketones is 3. The van der Waals surface area contributed by atoms with E-state index in [9.17, 15) is 19.5 Å². The monoisotopic (exact) mass is 539 g/mol. The maximum Gasteiger partial charge on any atom is 0.306 e. The van der Waals surface area contributed by atoms with Crippen molar-refractivity contribution in [2.75, 3.05) is 19.8 Å². The van der Waals surface area contributed by atoms with Gasteiger partial charge in [-0.2, -0.15) is 0 Å².